The molecule has 7 heteroatoms. The Bertz CT molecular complexity index is 651. The summed E-state index contributed by atoms with van der Waals surface area (Å²) in [6, 6.07) is 8.09. The van der Waals surface area contributed by atoms with Crippen LogP contribution in [0.3, 0.4) is 0 Å². The lowest BCUT2D eigenvalue weighted by Gasteiger charge is -2.19. The van der Waals surface area contributed by atoms with Crippen LogP contribution in [0.1, 0.15) is 41.6 Å². The maximum absolute atomic E-state index is 11.9. The quantitative estimate of drug-likeness (QED) is 0.802. The standard InChI is InChI=1S/C16H18N4O3/c17-10-12-5-4-6-13(9-12)16(23)19-18-14(21)11-20-8-3-1-2-7-15(20)22/h4-6,9H,1-3,7-8,11H2,(H,18,21)(H,19,23). The molecule has 1 aromatic rings. The van der Waals surface area contributed by atoms with Crippen LogP contribution in [-0.4, -0.2) is 35.7 Å². The van der Waals surface area contributed by atoms with E-state index in [1.807, 2.05) is 6.07 Å². The van der Waals surface area contributed by atoms with E-state index in [0.717, 1.165) is 19.3 Å². The van der Waals surface area contributed by atoms with E-state index in [9.17, 15) is 14.4 Å². The molecule has 1 aliphatic heterocycles. The third kappa shape index (κ3) is 4.81. The highest BCUT2D eigenvalue weighted by molar-refractivity contribution is 5.96. The van der Waals surface area contributed by atoms with Gasteiger partial charge in [0, 0.05) is 18.5 Å². The highest BCUT2D eigenvalue weighted by atomic mass is 16.2. The Morgan fingerprint density at radius 2 is 2.04 bits per heavy atom. The summed E-state index contributed by atoms with van der Waals surface area (Å²) in [6.07, 6.45) is 3.17. The zero-order valence-electron chi connectivity index (χ0n) is 12.7. The van der Waals surface area contributed by atoms with E-state index in [2.05, 4.69) is 10.9 Å². The summed E-state index contributed by atoms with van der Waals surface area (Å²) in [7, 11) is 0. The van der Waals surface area contributed by atoms with E-state index in [-0.39, 0.29) is 18.0 Å². The Balaban J connectivity index is 1.84. The van der Waals surface area contributed by atoms with E-state index in [1.54, 1.807) is 18.2 Å². The van der Waals surface area contributed by atoms with Crippen LogP contribution in [0.5, 0.6) is 0 Å². The molecule has 1 heterocycles. The summed E-state index contributed by atoms with van der Waals surface area (Å²) < 4.78 is 0. The lowest BCUT2D eigenvalue weighted by atomic mass is 10.1. The van der Waals surface area contributed by atoms with E-state index < -0.39 is 11.8 Å². The van der Waals surface area contributed by atoms with Crippen molar-refractivity contribution in [3.63, 3.8) is 0 Å². The van der Waals surface area contributed by atoms with Gasteiger partial charge in [0.25, 0.3) is 11.8 Å². The van der Waals surface area contributed by atoms with Gasteiger partial charge in [-0.25, -0.2) is 0 Å². The third-order valence-electron chi connectivity index (χ3n) is 3.58. The van der Waals surface area contributed by atoms with Gasteiger partial charge in [-0.2, -0.15) is 5.26 Å². The van der Waals surface area contributed by atoms with Crippen LogP contribution in [-0.2, 0) is 9.59 Å². The maximum Gasteiger partial charge on any atom is 0.269 e. The van der Waals surface area contributed by atoms with Gasteiger partial charge in [0.1, 0.15) is 6.54 Å². The van der Waals surface area contributed by atoms with Gasteiger partial charge in [0.2, 0.25) is 5.91 Å². The van der Waals surface area contributed by atoms with Crippen molar-refractivity contribution in [3.05, 3.63) is 35.4 Å². The van der Waals surface area contributed by atoms with Crippen LogP contribution in [0.4, 0.5) is 0 Å². The third-order valence-corrected chi connectivity index (χ3v) is 3.58. The molecule has 0 spiro atoms. The average molecular weight is 314 g/mol. The number of rotatable bonds is 3. The number of hydrogen-bond acceptors (Lipinski definition) is 4. The van der Waals surface area contributed by atoms with Gasteiger partial charge in [-0.1, -0.05) is 12.5 Å². The highest BCUT2D eigenvalue weighted by Crippen LogP contribution is 2.10. The van der Waals surface area contributed by atoms with E-state index in [1.165, 1.54) is 11.0 Å². The molecule has 7 nitrogen and oxygen atoms in total. The summed E-state index contributed by atoms with van der Waals surface area (Å²) in [5.41, 5.74) is 5.21. The number of carbonyl (C=O) groups excluding carboxylic acids is 3. The minimum Gasteiger partial charge on any atom is -0.333 e. The number of nitriles is 1. The molecule has 1 saturated heterocycles. The fraction of sp³-hybridized carbons (Fsp3) is 0.375. The minimum absolute atomic E-state index is 0.0364. The van der Waals surface area contributed by atoms with Crippen LogP contribution in [0.2, 0.25) is 0 Å². The summed E-state index contributed by atoms with van der Waals surface area (Å²) in [5.74, 6) is -1.01. The van der Waals surface area contributed by atoms with Crippen LogP contribution in [0, 0.1) is 11.3 Å². The number of nitrogens with zero attached hydrogens (tertiary/aromatic N) is 2. The van der Waals surface area contributed by atoms with Gasteiger partial charge in [-0.05, 0) is 31.0 Å². The van der Waals surface area contributed by atoms with E-state index in [0.29, 0.717) is 18.5 Å². The molecule has 1 aromatic carbocycles. The van der Waals surface area contributed by atoms with Crippen molar-refractivity contribution in [2.45, 2.75) is 25.7 Å². The lowest BCUT2D eigenvalue weighted by Crippen LogP contribution is -2.47. The van der Waals surface area contributed by atoms with Crippen molar-refractivity contribution in [1.82, 2.24) is 15.8 Å². The number of amides is 3. The van der Waals surface area contributed by atoms with Crippen molar-refractivity contribution < 1.29 is 14.4 Å². The number of hydrogen-bond donors (Lipinski definition) is 2. The summed E-state index contributed by atoms with van der Waals surface area (Å²) in [6.45, 7) is 0.488. The second-order valence-corrected chi connectivity index (χ2v) is 5.32. The first kappa shape index (κ1) is 16.5. The molecule has 0 aliphatic carbocycles. The van der Waals surface area contributed by atoms with Crippen molar-refractivity contribution >= 4 is 17.7 Å². The molecule has 2 N–H and O–H groups in total. The van der Waals surface area contributed by atoms with Crippen LogP contribution >= 0.6 is 0 Å². The zero-order chi connectivity index (χ0) is 16.7. The summed E-state index contributed by atoms with van der Waals surface area (Å²) in [5, 5.41) is 8.80. The smallest absolute Gasteiger partial charge is 0.269 e. The monoisotopic (exact) mass is 314 g/mol. The zero-order valence-corrected chi connectivity index (χ0v) is 12.7. The molecule has 3 amide bonds. The molecule has 23 heavy (non-hydrogen) atoms. The number of likely N-dealkylation sites (tertiary alicyclic amines) is 1. The first-order valence-corrected chi connectivity index (χ1v) is 7.47. The topological polar surface area (TPSA) is 102 Å². The summed E-state index contributed by atoms with van der Waals surface area (Å²) >= 11 is 0. The molecule has 0 radical (unpaired) electrons. The normalized spacial score (nSPS) is 14.6. The second kappa shape index (κ2) is 7.94. The molecular weight excluding hydrogens is 296 g/mol. The fourth-order valence-electron chi connectivity index (χ4n) is 2.35. The number of hydrazine groups is 1. The van der Waals surface area contributed by atoms with Crippen LogP contribution in [0.25, 0.3) is 0 Å². The van der Waals surface area contributed by atoms with Gasteiger partial charge in [-0.15, -0.1) is 0 Å². The van der Waals surface area contributed by atoms with Crippen molar-refractivity contribution in [2.75, 3.05) is 13.1 Å². The molecule has 0 saturated carbocycles. The van der Waals surface area contributed by atoms with Crippen molar-refractivity contribution in [3.8, 4) is 6.07 Å². The van der Waals surface area contributed by atoms with Crippen molar-refractivity contribution in [2.24, 2.45) is 0 Å². The molecule has 0 bridgehead atoms. The van der Waals surface area contributed by atoms with Crippen LogP contribution in [0.15, 0.2) is 24.3 Å². The predicted octanol–water partition coefficient (Wildman–Crippen LogP) is 0.722. The Morgan fingerprint density at radius 3 is 2.83 bits per heavy atom. The molecule has 1 fully saturated rings. The number of carbonyl (C=O) groups is 3. The van der Waals surface area contributed by atoms with E-state index in [4.69, 9.17) is 5.26 Å². The molecule has 1 aliphatic rings. The predicted molar refractivity (Wildman–Crippen MR) is 81.8 cm³/mol. The average Bonchev–Trinajstić information content (AvgIpc) is 2.77. The molecular formula is C16H18N4O3. The second-order valence-electron chi connectivity index (χ2n) is 5.32. The Labute approximate surface area is 134 Å². The Morgan fingerprint density at radius 1 is 1.22 bits per heavy atom. The first-order chi connectivity index (χ1) is 11.1. The molecule has 0 aromatic heterocycles. The number of benzene rings is 1. The molecule has 0 unspecified atom stereocenters. The highest BCUT2D eigenvalue weighted by Gasteiger charge is 2.19. The van der Waals surface area contributed by atoms with Gasteiger partial charge in [0.15, 0.2) is 0 Å². The van der Waals surface area contributed by atoms with Crippen LogP contribution < -0.4 is 10.9 Å². The summed E-state index contributed by atoms with van der Waals surface area (Å²) in [4.78, 5) is 37.1. The van der Waals surface area contributed by atoms with Gasteiger partial charge < -0.3 is 4.90 Å². The Hall–Kier alpha value is -2.88. The minimum atomic E-state index is -0.516. The van der Waals surface area contributed by atoms with Gasteiger partial charge >= 0.3 is 0 Å². The first-order valence-electron chi connectivity index (χ1n) is 7.47. The fourth-order valence-corrected chi connectivity index (χ4v) is 2.35. The lowest BCUT2D eigenvalue weighted by molar-refractivity contribution is -0.135. The Kier molecular flexibility index (Phi) is 5.69. The molecule has 0 atom stereocenters. The maximum atomic E-state index is 11.9. The molecule has 120 valence electrons. The van der Waals surface area contributed by atoms with Gasteiger partial charge in [-0.3, -0.25) is 25.2 Å². The van der Waals surface area contributed by atoms with Gasteiger partial charge in [0.05, 0.1) is 11.6 Å². The number of nitrogens with one attached hydrogen (secondary N) is 2. The van der Waals surface area contributed by atoms with E-state index >= 15 is 0 Å². The SMILES string of the molecule is N#Cc1cccc(C(=O)NNC(=O)CN2CCCCCC2=O)c1. The van der Waals surface area contributed by atoms with Crippen molar-refractivity contribution in [1.29, 1.82) is 5.26 Å². The molecule has 2 rings (SSSR count). The largest absolute Gasteiger partial charge is 0.333 e.